The number of ether oxygens (including phenoxy) is 1. The molecule has 12 heteroatoms. The Balaban J connectivity index is 2.06. The third-order valence-corrected chi connectivity index (χ3v) is 4.66. The number of hydrogen-bond acceptors (Lipinski definition) is 6. The van der Waals surface area contributed by atoms with E-state index in [4.69, 9.17) is 9.57 Å². The Labute approximate surface area is 193 Å². The lowest BCUT2D eigenvalue weighted by Crippen LogP contribution is -2.56. The van der Waals surface area contributed by atoms with E-state index in [1.165, 1.54) is 0 Å². The zero-order valence-corrected chi connectivity index (χ0v) is 19.0. The quantitative estimate of drug-likeness (QED) is 0.414. The van der Waals surface area contributed by atoms with Crippen molar-refractivity contribution in [1.82, 2.24) is 26.0 Å². The van der Waals surface area contributed by atoms with Crippen LogP contribution in [0.3, 0.4) is 0 Å². The second-order valence-electron chi connectivity index (χ2n) is 8.45. The normalized spacial score (nSPS) is 13.3. The Morgan fingerprint density at radius 3 is 2.32 bits per heavy atom. The Bertz CT molecular complexity index is 1190. The van der Waals surface area contributed by atoms with Gasteiger partial charge in [0.2, 0.25) is 5.60 Å². The van der Waals surface area contributed by atoms with E-state index in [0.717, 1.165) is 4.85 Å². The summed E-state index contributed by atoms with van der Waals surface area (Å²) >= 11 is 0. The summed E-state index contributed by atoms with van der Waals surface area (Å²) in [6, 6.07) is 7.94. The Hall–Kier alpha value is -3.83. The van der Waals surface area contributed by atoms with Gasteiger partial charge in [-0.05, 0) is 50.3 Å². The average molecular weight is 479 g/mol. The first-order chi connectivity index (χ1) is 16.0. The van der Waals surface area contributed by atoms with Crippen molar-refractivity contribution < 1.29 is 32.3 Å². The molecule has 0 aliphatic heterocycles. The molecule has 0 saturated carbocycles. The maximum absolute atomic E-state index is 14.2. The second-order valence-corrected chi connectivity index (χ2v) is 8.45. The molecule has 0 aliphatic carbocycles. The highest BCUT2D eigenvalue weighted by molar-refractivity contribution is 5.88. The van der Waals surface area contributed by atoms with Crippen LogP contribution >= 0.6 is 0 Å². The number of fused-ring (bicyclic) bond motifs is 1. The number of carbonyl (C=O) groups excluding carboxylic acids is 2. The lowest BCUT2D eigenvalue weighted by Gasteiger charge is -2.32. The third-order valence-electron chi connectivity index (χ3n) is 4.66. The highest BCUT2D eigenvalue weighted by Gasteiger charge is 2.45. The summed E-state index contributed by atoms with van der Waals surface area (Å²) in [4.78, 5) is 32.3. The second kappa shape index (κ2) is 9.57. The Morgan fingerprint density at radius 2 is 1.71 bits per heavy atom. The SMILES string of the molecule is CCCC(On1nnc2ccccc21)(C(=O)NNC(=O)OC(C)(C)C)c1cc(F)c(F)c(F)c1. The number of para-hydroxylation sites is 1. The molecule has 2 aromatic carbocycles. The molecule has 0 spiro atoms. The van der Waals surface area contributed by atoms with Crippen molar-refractivity contribution in [1.29, 1.82) is 0 Å². The number of carbonyl (C=O) groups is 2. The van der Waals surface area contributed by atoms with Crippen LogP contribution in [0, 0.1) is 17.5 Å². The van der Waals surface area contributed by atoms with Crippen LogP contribution in [0.4, 0.5) is 18.0 Å². The first-order valence-corrected chi connectivity index (χ1v) is 10.4. The summed E-state index contributed by atoms with van der Waals surface area (Å²) in [5.74, 6) is -5.75. The van der Waals surface area contributed by atoms with Crippen molar-refractivity contribution >= 4 is 23.0 Å². The number of halogens is 3. The molecule has 182 valence electrons. The maximum atomic E-state index is 14.2. The zero-order chi connectivity index (χ0) is 25.1. The molecule has 3 aromatic rings. The number of rotatable bonds is 6. The summed E-state index contributed by atoms with van der Waals surface area (Å²) in [5.41, 5.74) is 1.69. The van der Waals surface area contributed by atoms with E-state index >= 15 is 0 Å². The molecular weight excluding hydrogens is 455 g/mol. The smallest absolute Gasteiger partial charge is 0.426 e. The van der Waals surface area contributed by atoms with Gasteiger partial charge in [0.25, 0.3) is 5.91 Å². The van der Waals surface area contributed by atoms with Gasteiger partial charge in [0.05, 0.1) is 0 Å². The van der Waals surface area contributed by atoms with Crippen LogP contribution in [0.15, 0.2) is 36.4 Å². The van der Waals surface area contributed by atoms with Gasteiger partial charge in [-0.3, -0.25) is 10.2 Å². The lowest BCUT2D eigenvalue weighted by molar-refractivity contribution is -0.154. The molecule has 0 fully saturated rings. The number of nitrogens with zero attached hydrogens (tertiary/aromatic N) is 3. The van der Waals surface area contributed by atoms with Crippen molar-refractivity contribution in [2.24, 2.45) is 0 Å². The van der Waals surface area contributed by atoms with E-state index in [1.807, 2.05) is 0 Å². The first kappa shape index (κ1) is 24.8. The molecule has 1 atom stereocenters. The summed E-state index contributed by atoms with van der Waals surface area (Å²) in [6.45, 7) is 6.57. The van der Waals surface area contributed by atoms with Gasteiger partial charge in [-0.1, -0.05) is 30.3 Å². The summed E-state index contributed by atoms with van der Waals surface area (Å²) in [7, 11) is 0. The summed E-state index contributed by atoms with van der Waals surface area (Å²) in [6.07, 6.45) is -0.824. The average Bonchev–Trinajstić information content (AvgIpc) is 3.16. The fourth-order valence-corrected chi connectivity index (χ4v) is 3.24. The zero-order valence-electron chi connectivity index (χ0n) is 19.0. The number of hydrogen-bond donors (Lipinski definition) is 2. The first-order valence-electron chi connectivity index (χ1n) is 10.4. The predicted octanol–water partition coefficient (Wildman–Crippen LogP) is 3.53. The molecule has 0 aliphatic rings. The number of benzene rings is 2. The van der Waals surface area contributed by atoms with E-state index in [-0.39, 0.29) is 18.4 Å². The molecule has 1 heterocycles. The molecule has 0 bridgehead atoms. The maximum Gasteiger partial charge on any atom is 0.426 e. The molecule has 3 rings (SSSR count). The number of nitrogens with one attached hydrogen (secondary N) is 2. The van der Waals surface area contributed by atoms with Crippen molar-refractivity contribution in [2.75, 3.05) is 0 Å². The van der Waals surface area contributed by atoms with Crippen LogP contribution in [0.25, 0.3) is 11.0 Å². The van der Waals surface area contributed by atoms with Crippen LogP contribution in [-0.2, 0) is 15.1 Å². The topological polar surface area (TPSA) is 107 Å². The molecule has 9 nitrogen and oxygen atoms in total. The van der Waals surface area contributed by atoms with Gasteiger partial charge < -0.3 is 9.57 Å². The van der Waals surface area contributed by atoms with Gasteiger partial charge in [0.1, 0.15) is 16.6 Å². The van der Waals surface area contributed by atoms with Crippen molar-refractivity contribution in [2.45, 2.75) is 51.7 Å². The monoisotopic (exact) mass is 479 g/mol. The van der Waals surface area contributed by atoms with Gasteiger partial charge in [-0.25, -0.2) is 23.4 Å². The van der Waals surface area contributed by atoms with E-state index in [1.54, 1.807) is 52.0 Å². The molecule has 0 saturated heterocycles. The van der Waals surface area contributed by atoms with Gasteiger partial charge in [0.15, 0.2) is 17.5 Å². The van der Waals surface area contributed by atoms with Crippen molar-refractivity contribution in [3.05, 3.63) is 59.4 Å². The molecule has 34 heavy (non-hydrogen) atoms. The molecule has 1 unspecified atom stereocenters. The molecule has 1 aromatic heterocycles. The van der Waals surface area contributed by atoms with Crippen LogP contribution in [-0.4, -0.2) is 32.8 Å². The number of hydrazine groups is 1. The largest absolute Gasteiger partial charge is 0.443 e. The lowest BCUT2D eigenvalue weighted by atomic mass is 9.88. The van der Waals surface area contributed by atoms with Crippen molar-refractivity contribution in [3.63, 3.8) is 0 Å². The van der Waals surface area contributed by atoms with Gasteiger partial charge in [-0.2, -0.15) is 0 Å². The molecule has 2 amide bonds. The number of aromatic nitrogens is 3. The summed E-state index contributed by atoms with van der Waals surface area (Å²) in [5, 5.41) is 7.81. The minimum Gasteiger partial charge on any atom is -0.443 e. The van der Waals surface area contributed by atoms with E-state index < -0.39 is 40.7 Å². The molecular formula is C22H24F3N5O4. The standard InChI is InChI=1S/C22H24F3N5O4/c1-5-10-22(13-11-14(23)18(25)15(24)12-13,19(31)27-28-20(32)33-21(2,3)4)34-30-17-9-7-6-8-16(17)26-29-30/h6-9,11-12H,5,10H2,1-4H3,(H,27,31)(H,28,32). The fourth-order valence-electron chi connectivity index (χ4n) is 3.24. The van der Waals surface area contributed by atoms with Gasteiger partial charge in [0, 0.05) is 12.0 Å². The highest BCUT2D eigenvalue weighted by Crippen LogP contribution is 2.32. The van der Waals surface area contributed by atoms with Gasteiger partial charge >= 0.3 is 6.09 Å². The Kier molecular flexibility index (Phi) is 6.99. The van der Waals surface area contributed by atoms with Crippen LogP contribution < -0.4 is 15.7 Å². The van der Waals surface area contributed by atoms with Crippen LogP contribution in [0.5, 0.6) is 0 Å². The van der Waals surface area contributed by atoms with Crippen LogP contribution in [0.2, 0.25) is 0 Å². The van der Waals surface area contributed by atoms with Crippen molar-refractivity contribution in [3.8, 4) is 0 Å². The third kappa shape index (κ3) is 5.21. The number of amides is 2. The van der Waals surface area contributed by atoms with E-state index in [9.17, 15) is 22.8 Å². The minimum atomic E-state index is -2.14. The van der Waals surface area contributed by atoms with Crippen LogP contribution in [0.1, 0.15) is 46.1 Å². The molecule has 2 N–H and O–H groups in total. The fraction of sp³-hybridized carbons (Fsp3) is 0.364. The summed E-state index contributed by atoms with van der Waals surface area (Å²) < 4.78 is 47.1. The Morgan fingerprint density at radius 1 is 1.06 bits per heavy atom. The molecule has 0 radical (unpaired) electrons. The van der Waals surface area contributed by atoms with E-state index in [0.29, 0.717) is 23.2 Å². The highest BCUT2D eigenvalue weighted by atomic mass is 19.2. The van der Waals surface area contributed by atoms with Gasteiger partial charge in [-0.15, -0.1) is 5.10 Å². The van der Waals surface area contributed by atoms with E-state index in [2.05, 4.69) is 21.2 Å². The predicted molar refractivity (Wildman–Crippen MR) is 115 cm³/mol. The minimum absolute atomic E-state index is 0.131.